The molecule has 6 N–H and O–H groups in total. The average Bonchev–Trinajstić information content (AvgIpc) is 3.73. The van der Waals surface area contributed by atoms with Crippen LogP contribution in [0.4, 0.5) is 5.13 Å². The number of amides is 3. The number of nitrogens with zero attached hydrogens (tertiary/aromatic N) is 5. The number of β-lactam (4-membered cyclic amide) rings is 1. The molecule has 1 fully saturated rings. The van der Waals surface area contributed by atoms with E-state index in [9.17, 15) is 29.1 Å². The summed E-state index contributed by atoms with van der Waals surface area (Å²) < 4.78 is 1.33. The second-order valence-corrected chi connectivity index (χ2v) is 11.8. The number of fused-ring (bicyclic) bond motifs is 1. The van der Waals surface area contributed by atoms with Crippen molar-refractivity contribution in [2.24, 2.45) is 10.3 Å². The first kappa shape index (κ1) is 29.4. The number of aromatic nitrogens is 1. The van der Waals surface area contributed by atoms with Gasteiger partial charge in [0.2, 0.25) is 6.41 Å². The van der Waals surface area contributed by atoms with E-state index in [0.29, 0.717) is 18.4 Å². The molecule has 4 heterocycles. The van der Waals surface area contributed by atoms with Crippen LogP contribution in [0.3, 0.4) is 0 Å². The van der Waals surface area contributed by atoms with Gasteiger partial charge in [-0.3, -0.25) is 29.5 Å². The molecule has 0 aromatic carbocycles. The summed E-state index contributed by atoms with van der Waals surface area (Å²) in [7, 11) is 0. The van der Waals surface area contributed by atoms with E-state index in [1.807, 2.05) is 12.2 Å². The van der Waals surface area contributed by atoms with Gasteiger partial charge in [-0.25, -0.2) is 15.3 Å². The third-order valence-corrected chi connectivity index (χ3v) is 9.14. The molecule has 1 aromatic heterocycles. The minimum absolute atomic E-state index is 0.133. The van der Waals surface area contributed by atoms with Crippen molar-refractivity contribution in [1.29, 1.82) is 0 Å². The van der Waals surface area contributed by atoms with E-state index in [1.165, 1.54) is 21.7 Å². The monoisotopic (exact) mass is 637 g/mol. The largest absolute Gasteiger partial charge is 0.481 e. The van der Waals surface area contributed by atoms with Crippen LogP contribution in [-0.4, -0.2) is 95.4 Å². The van der Waals surface area contributed by atoms with Crippen molar-refractivity contribution in [2.75, 3.05) is 16.8 Å². The van der Waals surface area contributed by atoms with Gasteiger partial charge in [-0.2, -0.15) is 0 Å². The van der Waals surface area contributed by atoms with Crippen LogP contribution in [-0.2, 0) is 28.8 Å². The number of hydrazone groups is 1. The number of allylic oxidation sites excluding steroid dienone is 1. The van der Waals surface area contributed by atoms with E-state index >= 15 is 0 Å². The molecule has 0 spiro atoms. The summed E-state index contributed by atoms with van der Waals surface area (Å²) in [4.78, 5) is 71.1. The Balaban J connectivity index is 1.26. The molecule has 20 heteroatoms. The number of amidine groups is 1. The Morgan fingerprint density at radius 1 is 1.33 bits per heavy atom. The zero-order valence-electron chi connectivity index (χ0n) is 21.4. The SMILES string of the molecule is O=CNc1nc(C(=NOC2C=CCC2)C(=O)NC2C(=O)N3C(C(=O)O)=C(CSN4NN=C(CC(=O)O)N4)CS[C@@H]23)cs1. The molecule has 3 amide bonds. The zero-order chi connectivity index (χ0) is 29.8. The lowest BCUT2D eigenvalue weighted by Crippen LogP contribution is -2.71. The number of thioether (sulfide) groups is 1. The predicted octanol–water partition coefficient (Wildman–Crippen LogP) is -0.349. The second-order valence-electron chi connectivity index (χ2n) is 8.92. The van der Waals surface area contributed by atoms with Gasteiger partial charge < -0.3 is 25.7 Å². The van der Waals surface area contributed by atoms with Crippen LogP contribution in [0, 0.1) is 0 Å². The first-order valence-corrected chi connectivity index (χ1v) is 15.1. The van der Waals surface area contributed by atoms with Crippen LogP contribution < -0.4 is 21.6 Å². The maximum atomic E-state index is 13.3. The number of oxime groups is 1. The van der Waals surface area contributed by atoms with Gasteiger partial charge in [0.25, 0.3) is 11.8 Å². The summed E-state index contributed by atoms with van der Waals surface area (Å²) in [6, 6.07) is -1.03. The Morgan fingerprint density at radius 2 is 2.17 bits per heavy atom. The Hall–Kier alpha value is -4.14. The molecule has 0 saturated carbocycles. The molecular formula is C22H23N9O8S3. The molecule has 3 aliphatic heterocycles. The Morgan fingerprint density at radius 3 is 2.88 bits per heavy atom. The number of aliphatic carboxylic acids is 2. The van der Waals surface area contributed by atoms with Gasteiger partial charge in [-0.15, -0.1) is 28.2 Å². The standard InChI is InChI=1S/C22H23N9O8S3/c32-9-23-22-24-12(8-41-22)15(28-39-11-3-1-2-4-11)18(35)25-16-19(36)30-17(21(37)38)10(6-40-20(16)30)7-42-31-27-13(26-29-31)5-14(33)34/h1,3,8-9,11,16,20,29H,2,4-7H2,(H,25,35)(H,26,27)(H,33,34)(H,37,38)(H,23,24,32)/t11?,16?,20-/m0/s1. The van der Waals surface area contributed by atoms with Crippen LogP contribution in [0.2, 0.25) is 0 Å². The zero-order valence-corrected chi connectivity index (χ0v) is 23.8. The van der Waals surface area contributed by atoms with Crippen molar-refractivity contribution in [3.63, 3.8) is 0 Å². The van der Waals surface area contributed by atoms with Crippen molar-refractivity contribution in [1.82, 2.24) is 30.7 Å². The quantitative estimate of drug-likeness (QED) is 0.0406. The van der Waals surface area contributed by atoms with Gasteiger partial charge in [-0.05, 0) is 36.4 Å². The number of hydrogen-bond acceptors (Lipinski definition) is 15. The Bertz CT molecular complexity index is 1430. The third-order valence-electron chi connectivity index (χ3n) is 6.12. The summed E-state index contributed by atoms with van der Waals surface area (Å²) in [5.41, 5.74) is 5.54. The lowest BCUT2D eigenvalue weighted by molar-refractivity contribution is -0.150. The third kappa shape index (κ3) is 6.35. The number of carbonyl (C=O) groups excluding carboxylic acids is 3. The fourth-order valence-electron chi connectivity index (χ4n) is 4.22. The number of hydrazine groups is 2. The Labute approximate surface area is 249 Å². The molecule has 17 nitrogen and oxygen atoms in total. The molecule has 0 bridgehead atoms. The minimum Gasteiger partial charge on any atom is -0.481 e. The van der Waals surface area contributed by atoms with Gasteiger partial charge in [0.15, 0.2) is 16.7 Å². The summed E-state index contributed by atoms with van der Waals surface area (Å²) in [6.45, 7) is 0. The van der Waals surface area contributed by atoms with Gasteiger partial charge in [0, 0.05) is 16.9 Å². The van der Waals surface area contributed by atoms with E-state index in [2.05, 4.69) is 36.8 Å². The normalized spacial score (nSPS) is 23.4. The number of rotatable bonds is 13. The lowest BCUT2D eigenvalue weighted by atomic mass is 10.0. The molecule has 4 aliphatic rings. The summed E-state index contributed by atoms with van der Waals surface area (Å²) >= 11 is 3.46. The molecular weight excluding hydrogens is 614 g/mol. The van der Waals surface area contributed by atoms with Gasteiger partial charge in [-0.1, -0.05) is 15.8 Å². The average molecular weight is 638 g/mol. The maximum Gasteiger partial charge on any atom is 0.352 e. The number of carboxylic acid groups (broad SMARTS) is 2. The topological polar surface area (TPSA) is 227 Å². The van der Waals surface area contributed by atoms with Crippen LogP contribution in [0.15, 0.2) is 39.1 Å². The van der Waals surface area contributed by atoms with Crippen LogP contribution in [0.5, 0.6) is 0 Å². The molecule has 0 radical (unpaired) electrons. The molecule has 1 aliphatic carbocycles. The predicted molar refractivity (Wildman–Crippen MR) is 152 cm³/mol. The van der Waals surface area contributed by atoms with Gasteiger partial charge in [0.1, 0.15) is 35.3 Å². The van der Waals surface area contributed by atoms with Gasteiger partial charge >= 0.3 is 11.9 Å². The highest BCUT2D eigenvalue weighted by Crippen LogP contribution is 2.41. The first-order chi connectivity index (χ1) is 20.2. The second kappa shape index (κ2) is 12.8. The molecule has 2 unspecified atom stereocenters. The van der Waals surface area contributed by atoms with Crippen molar-refractivity contribution in [2.45, 2.75) is 36.8 Å². The number of thiazole rings is 1. The fourth-order valence-corrected chi connectivity index (χ4v) is 7.14. The molecule has 222 valence electrons. The van der Waals surface area contributed by atoms with E-state index in [1.54, 1.807) is 0 Å². The molecule has 42 heavy (non-hydrogen) atoms. The molecule has 1 aromatic rings. The summed E-state index contributed by atoms with van der Waals surface area (Å²) in [6.07, 6.45) is 5.04. The molecule has 3 atom stereocenters. The van der Waals surface area contributed by atoms with Gasteiger partial charge in [0.05, 0.1) is 0 Å². The maximum absolute atomic E-state index is 13.3. The van der Waals surface area contributed by atoms with Crippen molar-refractivity contribution in [3.05, 3.63) is 34.5 Å². The van der Waals surface area contributed by atoms with Crippen LogP contribution >= 0.6 is 35.0 Å². The summed E-state index contributed by atoms with van der Waals surface area (Å²) in [5.74, 6) is -3.12. The Kier molecular flexibility index (Phi) is 8.94. The summed E-state index contributed by atoms with van der Waals surface area (Å²) in [5, 5.41) is 32.8. The lowest BCUT2D eigenvalue weighted by Gasteiger charge is -2.49. The number of carboxylic acids is 2. The van der Waals surface area contributed by atoms with Crippen molar-refractivity contribution < 1.29 is 39.0 Å². The van der Waals surface area contributed by atoms with E-state index < -0.39 is 35.2 Å². The first-order valence-electron chi connectivity index (χ1n) is 12.3. The highest BCUT2D eigenvalue weighted by molar-refractivity contribution is 8.00. The minimum atomic E-state index is -1.29. The smallest absolute Gasteiger partial charge is 0.352 e. The highest BCUT2D eigenvalue weighted by atomic mass is 32.2. The number of nitrogens with one attached hydrogen (secondary N) is 4. The van der Waals surface area contributed by atoms with E-state index in [4.69, 9.17) is 9.94 Å². The highest BCUT2D eigenvalue weighted by Gasteiger charge is 2.54. The van der Waals surface area contributed by atoms with Crippen molar-refractivity contribution >= 4 is 81.9 Å². The van der Waals surface area contributed by atoms with E-state index in [-0.39, 0.29) is 52.1 Å². The number of carbonyl (C=O) groups is 5. The van der Waals surface area contributed by atoms with Crippen LogP contribution in [0.1, 0.15) is 25.0 Å². The molecule has 5 rings (SSSR count). The fraction of sp³-hybridized carbons (Fsp3) is 0.364. The number of anilines is 1. The van der Waals surface area contributed by atoms with Crippen molar-refractivity contribution in [3.8, 4) is 0 Å². The molecule has 1 saturated heterocycles. The van der Waals surface area contributed by atoms with E-state index in [0.717, 1.165) is 34.6 Å². The number of hydrogen-bond donors (Lipinski definition) is 6. The van der Waals surface area contributed by atoms with Crippen LogP contribution in [0.25, 0.3) is 0 Å².